The Balaban J connectivity index is 2.42. The molecule has 0 aliphatic heterocycles. The van der Waals surface area contributed by atoms with Crippen molar-refractivity contribution in [3.8, 4) is 23.0 Å². The van der Waals surface area contributed by atoms with Crippen molar-refractivity contribution in [3.63, 3.8) is 0 Å². The van der Waals surface area contributed by atoms with Crippen molar-refractivity contribution in [1.82, 2.24) is 0 Å². The smallest absolute Gasteiger partial charge is 0.294 e. The largest absolute Gasteiger partial charge is 0.504 e. The summed E-state index contributed by atoms with van der Waals surface area (Å²) in [5, 5.41) is 50.5. The Morgan fingerprint density at radius 1 is 0.679 bits per heavy atom. The van der Waals surface area contributed by atoms with Gasteiger partial charge in [-0.15, -0.1) is 0 Å². The van der Waals surface area contributed by atoms with Crippen molar-refractivity contribution in [2.45, 2.75) is 10.5 Å². The average Bonchev–Trinajstić information content (AvgIpc) is 2.65. The molecule has 8 nitrogen and oxygen atoms in total. The minimum atomic E-state index is -4.75. The van der Waals surface area contributed by atoms with Gasteiger partial charge in [0.2, 0.25) is 0 Å². The molecule has 0 saturated carbocycles. The molecule has 0 unspecified atom stereocenters. The lowest BCUT2D eigenvalue weighted by Crippen LogP contribution is -2.30. The second-order valence-electron chi connectivity index (χ2n) is 6.09. The summed E-state index contributed by atoms with van der Waals surface area (Å²) in [7, 11) is -4.75. The van der Waals surface area contributed by atoms with Crippen LogP contribution in [0.3, 0.4) is 0 Å². The van der Waals surface area contributed by atoms with Crippen LogP contribution in [-0.2, 0) is 15.7 Å². The number of phenols is 4. The predicted molar refractivity (Wildman–Crippen MR) is 97.9 cm³/mol. The van der Waals surface area contributed by atoms with Crippen molar-refractivity contribution in [1.29, 1.82) is 0 Å². The van der Waals surface area contributed by atoms with Gasteiger partial charge in [0.15, 0.2) is 23.0 Å². The summed E-state index contributed by atoms with van der Waals surface area (Å²) < 4.78 is 33.3. The monoisotopic (exact) mass is 404 g/mol. The fourth-order valence-corrected chi connectivity index (χ4v) is 3.71. The molecule has 0 atom stereocenters. The third kappa shape index (κ3) is 3.22. The highest BCUT2D eigenvalue weighted by Crippen LogP contribution is 2.43. The van der Waals surface area contributed by atoms with Gasteiger partial charge in [-0.25, -0.2) is 0 Å². The first-order chi connectivity index (χ1) is 13.0. The number of phenolic OH excluding ortho intramolecular Hbond substituents is 4. The lowest BCUT2D eigenvalue weighted by molar-refractivity contribution is 0.121. The number of aliphatic hydroxyl groups is 1. The highest BCUT2D eigenvalue weighted by Gasteiger charge is 2.39. The molecule has 0 aromatic heterocycles. The van der Waals surface area contributed by atoms with Gasteiger partial charge in [-0.05, 0) is 41.5 Å². The number of hydrogen-bond donors (Lipinski definition) is 6. The average molecular weight is 404 g/mol. The van der Waals surface area contributed by atoms with E-state index in [9.17, 15) is 38.5 Å². The van der Waals surface area contributed by atoms with E-state index in [1.54, 1.807) is 0 Å². The fraction of sp³-hybridized carbons (Fsp3) is 0.0526. The minimum absolute atomic E-state index is 0.0658. The Labute approximate surface area is 160 Å². The van der Waals surface area contributed by atoms with Crippen LogP contribution < -0.4 is 0 Å². The fourth-order valence-electron chi connectivity index (χ4n) is 2.97. The van der Waals surface area contributed by atoms with Gasteiger partial charge in [0.05, 0.1) is 0 Å². The number of rotatable bonds is 4. The molecular weight excluding hydrogens is 388 g/mol. The number of benzene rings is 3. The second-order valence-corrected chi connectivity index (χ2v) is 7.48. The van der Waals surface area contributed by atoms with Crippen LogP contribution in [0.5, 0.6) is 23.0 Å². The zero-order chi connectivity index (χ0) is 20.7. The summed E-state index contributed by atoms with van der Waals surface area (Å²) in [6, 6.07) is 11.8. The predicted octanol–water partition coefficient (Wildman–Crippen LogP) is 2.04. The third-order valence-electron chi connectivity index (χ3n) is 4.34. The van der Waals surface area contributed by atoms with Crippen LogP contribution in [0.15, 0.2) is 65.6 Å². The number of hydrogen-bond acceptors (Lipinski definition) is 7. The van der Waals surface area contributed by atoms with Gasteiger partial charge in [-0.2, -0.15) is 8.42 Å². The Kier molecular flexibility index (Phi) is 4.67. The van der Waals surface area contributed by atoms with Crippen molar-refractivity contribution < 1.29 is 38.5 Å². The van der Waals surface area contributed by atoms with E-state index >= 15 is 0 Å². The first-order valence-electron chi connectivity index (χ1n) is 7.89. The molecule has 3 rings (SSSR count). The summed E-state index contributed by atoms with van der Waals surface area (Å²) in [4.78, 5) is -0.599. The SMILES string of the molecule is O=S(=O)(O)c1ccccc1C(O)(c1ccc(O)c(O)c1)c1ccc(O)c(O)c1. The normalized spacial score (nSPS) is 12.1. The zero-order valence-corrected chi connectivity index (χ0v) is 15.0. The van der Waals surface area contributed by atoms with E-state index in [1.165, 1.54) is 30.3 Å². The van der Waals surface area contributed by atoms with Crippen LogP contribution in [0.2, 0.25) is 0 Å². The second kappa shape index (κ2) is 6.71. The van der Waals surface area contributed by atoms with Crippen molar-refractivity contribution in [2.24, 2.45) is 0 Å². The molecule has 0 radical (unpaired) electrons. The van der Waals surface area contributed by atoms with Crippen LogP contribution in [-0.4, -0.2) is 38.5 Å². The molecule has 0 aliphatic carbocycles. The van der Waals surface area contributed by atoms with E-state index in [2.05, 4.69) is 0 Å². The molecule has 0 heterocycles. The van der Waals surface area contributed by atoms with Crippen molar-refractivity contribution in [2.75, 3.05) is 0 Å². The Bertz CT molecular complexity index is 1100. The van der Waals surface area contributed by atoms with Crippen LogP contribution in [0.4, 0.5) is 0 Å². The van der Waals surface area contributed by atoms with E-state index in [0.717, 1.165) is 30.3 Å². The molecule has 28 heavy (non-hydrogen) atoms. The molecule has 0 spiro atoms. The molecule has 6 N–H and O–H groups in total. The molecular formula is C19H16O8S. The number of aromatic hydroxyl groups is 4. The van der Waals surface area contributed by atoms with Crippen LogP contribution in [0.1, 0.15) is 16.7 Å². The molecule has 0 aliphatic rings. The molecule has 3 aromatic rings. The third-order valence-corrected chi connectivity index (χ3v) is 5.25. The van der Waals surface area contributed by atoms with Crippen LogP contribution in [0.25, 0.3) is 0 Å². The van der Waals surface area contributed by atoms with Crippen LogP contribution >= 0.6 is 0 Å². The molecule has 0 bridgehead atoms. The molecule has 3 aromatic carbocycles. The maximum atomic E-state index is 11.9. The van der Waals surface area contributed by atoms with Gasteiger partial charge in [-0.1, -0.05) is 30.3 Å². The first kappa shape index (κ1) is 19.5. The maximum absolute atomic E-state index is 11.9. The topological polar surface area (TPSA) is 156 Å². The highest BCUT2D eigenvalue weighted by atomic mass is 32.2. The van der Waals surface area contributed by atoms with E-state index in [0.29, 0.717) is 0 Å². The van der Waals surface area contributed by atoms with Gasteiger partial charge in [0.25, 0.3) is 10.1 Å². The van der Waals surface area contributed by atoms with Gasteiger partial charge in [0, 0.05) is 5.56 Å². The molecule has 146 valence electrons. The Hall–Kier alpha value is -3.27. The van der Waals surface area contributed by atoms with Gasteiger partial charge < -0.3 is 25.5 Å². The molecule has 0 fully saturated rings. The highest BCUT2D eigenvalue weighted by molar-refractivity contribution is 7.85. The zero-order valence-electron chi connectivity index (χ0n) is 14.2. The summed E-state index contributed by atoms with van der Waals surface area (Å²) >= 11 is 0. The van der Waals surface area contributed by atoms with Crippen LogP contribution in [0, 0.1) is 0 Å². The molecule has 0 amide bonds. The molecule has 0 saturated heterocycles. The maximum Gasteiger partial charge on any atom is 0.294 e. The Morgan fingerprint density at radius 3 is 1.57 bits per heavy atom. The molecule has 9 heteroatoms. The quantitative estimate of drug-likeness (QED) is 0.219. The van der Waals surface area contributed by atoms with Gasteiger partial charge >= 0.3 is 0 Å². The Morgan fingerprint density at radius 2 is 1.14 bits per heavy atom. The summed E-state index contributed by atoms with van der Waals surface area (Å²) in [6.07, 6.45) is 0. The lowest BCUT2D eigenvalue weighted by atomic mass is 9.80. The van der Waals surface area contributed by atoms with E-state index in [1.807, 2.05) is 0 Å². The van der Waals surface area contributed by atoms with Crippen molar-refractivity contribution >= 4 is 10.1 Å². The van der Waals surface area contributed by atoms with Gasteiger partial charge in [0.1, 0.15) is 10.5 Å². The van der Waals surface area contributed by atoms with E-state index < -0.39 is 43.6 Å². The summed E-state index contributed by atoms with van der Waals surface area (Å²) in [6.45, 7) is 0. The summed E-state index contributed by atoms with van der Waals surface area (Å²) in [5.74, 6) is -2.10. The van der Waals surface area contributed by atoms with E-state index in [4.69, 9.17) is 0 Å². The van der Waals surface area contributed by atoms with Crippen molar-refractivity contribution in [3.05, 3.63) is 77.4 Å². The van der Waals surface area contributed by atoms with Gasteiger partial charge in [-0.3, -0.25) is 4.55 Å². The van der Waals surface area contributed by atoms with E-state index in [-0.39, 0.29) is 16.7 Å². The standard InChI is InChI=1S/C19H16O8S/c20-14-7-5-11(9-16(14)22)19(24,12-6-8-15(21)17(23)10-12)13-3-1-2-4-18(13)28(25,26)27/h1-10,20-24H,(H,25,26,27). The first-order valence-corrected chi connectivity index (χ1v) is 9.33. The summed E-state index contributed by atoms with van der Waals surface area (Å²) in [5.41, 5.74) is -2.69. The minimum Gasteiger partial charge on any atom is -0.504 e. The lowest BCUT2D eigenvalue weighted by Gasteiger charge is -2.31.